The summed E-state index contributed by atoms with van der Waals surface area (Å²) in [5.74, 6) is 0. The molecular formula is C5H7NO9S2. The highest BCUT2D eigenvalue weighted by atomic mass is 32.3. The summed E-state index contributed by atoms with van der Waals surface area (Å²) < 4.78 is 59.4. The molecule has 0 atom stereocenters. The Labute approximate surface area is 96.5 Å². The van der Waals surface area contributed by atoms with Gasteiger partial charge in [-0.05, 0) is 17.2 Å². The molecule has 1 aromatic heterocycles. The van der Waals surface area contributed by atoms with Gasteiger partial charge in [-0.2, -0.15) is 16.8 Å². The maximum atomic E-state index is 9.57. The maximum absolute atomic E-state index is 9.57. The van der Waals surface area contributed by atoms with Crippen molar-refractivity contribution in [2.75, 3.05) is 0 Å². The van der Waals surface area contributed by atoms with Gasteiger partial charge in [-0.1, -0.05) is 14.7 Å². The Kier molecular flexibility index (Phi) is 6.74. The summed E-state index contributed by atoms with van der Waals surface area (Å²) in [6.45, 7) is 0. The first-order chi connectivity index (χ1) is 7.71. The van der Waals surface area contributed by atoms with Gasteiger partial charge in [-0.25, -0.2) is 0 Å². The van der Waals surface area contributed by atoms with Gasteiger partial charge in [0.1, 0.15) is 0 Å². The number of rotatable bonds is 4. The van der Waals surface area contributed by atoms with Crippen molar-refractivity contribution in [3.05, 3.63) is 30.6 Å². The van der Waals surface area contributed by atoms with Gasteiger partial charge in [0.2, 0.25) is 0 Å². The molecule has 12 heteroatoms. The van der Waals surface area contributed by atoms with Crippen molar-refractivity contribution < 1.29 is 39.6 Å². The van der Waals surface area contributed by atoms with E-state index in [0.717, 1.165) is 0 Å². The van der Waals surface area contributed by atoms with Crippen LogP contribution in [0.4, 0.5) is 0 Å². The van der Waals surface area contributed by atoms with Gasteiger partial charge in [0.15, 0.2) is 0 Å². The monoisotopic (exact) mass is 289 g/mol. The van der Waals surface area contributed by atoms with E-state index < -0.39 is 20.8 Å². The summed E-state index contributed by atoms with van der Waals surface area (Å²) in [6.07, 6.45) is 3.50. The van der Waals surface area contributed by atoms with Crippen molar-refractivity contribution in [1.82, 2.24) is 4.98 Å². The molecule has 0 amide bonds. The average molecular weight is 289 g/mol. The van der Waals surface area contributed by atoms with E-state index in [1.165, 1.54) is 0 Å². The molecule has 0 fully saturated rings. The Hall–Kier alpha value is -1.15. The van der Waals surface area contributed by atoms with Gasteiger partial charge < -0.3 is 0 Å². The highest BCUT2D eigenvalue weighted by molar-refractivity contribution is 7.81. The molecule has 0 saturated heterocycles. The lowest BCUT2D eigenvalue weighted by atomic mass is 10.5. The fraction of sp³-hybridized carbons (Fsp3) is 0. The van der Waals surface area contributed by atoms with Crippen LogP contribution in [0.5, 0.6) is 0 Å². The van der Waals surface area contributed by atoms with Gasteiger partial charge in [-0.15, -0.1) is 0 Å². The molecule has 0 aliphatic rings. The average Bonchev–Trinajstić information content (AvgIpc) is 2.17. The zero-order valence-corrected chi connectivity index (χ0v) is 9.54. The van der Waals surface area contributed by atoms with Gasteiger partial charge in [0.05, 0.1) is 0 Å². The van der Waals surface area contributed by atoms with E-state index in [4.69, 9.17) is 9.11 Å². The van der Waals surface area contributed by atoms with E-state index in [1.54, 1.807) is 12.4 Å². The van der Waals surface area contributed by atoms with Crippen LogP contribution in [0, 0.1) is 0 Å². The van der Waals surface area contributed by atoms with Crippen molar-refractivity contribution in [1.29, 1.82) is 0 Å². The van der Waals surface area contributed by atoms with Crippen molar-refractivity contribution in [2.45, 2.75) is 0 Å². The van der Waals surface area contributed by atoms with Crippen LogP contribution in [0.25, 0.3) is 0 Å². The fourth-order valence-corrected chi connectivity index (χ4v) is 0.625. The second kappa shape index (κ2) is 7.23. The van der Waals surface area contributed by atoms with Crippen LogP contribution in [-0.2, 0) is 34.5 Å². The van der Waals surface area contributed by atoms with Crippen molar-refractivity contribution in [2.24, 2.45) is 0 Å². The Morgan fingerprint density at radius 3 is 1.41 bits per heavy atom. The van der Waals surface area contributed by atoms with Gasteiger partial charge in [0, 0.05) is 12.4 Å². The lowest BCUT2D eigenvalue weighted by molar-refractivity contribution is -0.412. The third kappa shape index (κ3) is 14.8. The Morgan fingerprint density at radius 1 is 0.824 bits per heavy atom. The van der Waals surface area contributed by atoms with E-state index in [1.807, 2.05) is 18.2 Å². The molecule has 10 nitrogen and oxygen atoms in total. The second-order valence-corrected chi connectivity index (χ2v) is 4.07. The quantitative estimate of drug-likeness (QED) is 0.424. The van der Waals surface area contributed by atoms with Crippen LogP contribution < -0.4 is 0 Å². The SMILES string of the molecule is O=S(=O)(O)OOOS(=O)(=O)O.c1ccncc1. The molecule has 98 valence electrons. The van der Waals surface area contributed by atoms with E-state index in [9.17, 15) is 16.8 Å². The van der Waals surface area contributed by atoms with E-state index in [0.29, 0.717) is 0 Å². The Bertz CT molecular complexity index is 437. The molecule has 1 aromatic rings. The minimum Gasteiger partial charge on any atom is -0.265 e. The zero-order chi connectivity index (χ0) is 13.4. The first-order valence-corrected chi connectivity index (χ1v) is 6.28. The van der Waals surface area contributed by atoms with Crippen LogP contribution in [0.1, 0.15) is 0 Å². The fourth-order valence-electron chi connectivity index (χ4n) is 0.394. The van der Waals surface area contributed by atoms with Gasteiger partial charge in [-0.3, -0.25) is 14.1 Å². The lowest BCUT2D eigenvalue weighted by Crippen LogP contribution is -2.09. The van der Waals surface area contributed by atoms with Crippen molar-refractivity contribution in [3.8, 4) is 0 Å². The summed E-state index contributed by atoms with van der Waals surface area (Å²) in [5.41, 5.74) is 0. The molecule has 0 saturated carbocycles. The van der Waals surface area contributed by atoms with E-state index in [-0.39, 0.29) is 0 Å². The van der Waals surface area contributed by atoms with Gasteiger partial charge in [0.25, 0.3) is 0 Å². The molecule has 0 spiro atoms. The highest BCUT2D eigenvalue weighted by Crippen LogP contribution is 1.92. The molecule has 1 rings (SSSR count). The molecule has 1 heterocycles. The molecular weight excluding hydrogens is 282 g/mol. The zero-order valence-electron chi connectivity index (χ0n) is 7.90. The largest absolute Gasteiger partial charge is 0.426 e. The number of hydrogen-bond donors (Lipinski definition) is 2. The van der Waals surface area contributed by atoms with E-state index in [2.05, 4.69) is 18.7 Å². The molecule has 0 unspecified atom stereocenters. The second-order valence-electron chi connectivity index (χ2n) is 2.08. The summed E-state index contributed by atoms with van der Waals surface area (Å²) in [6, 6.07) is 5.72. The topological polar surface area (TPSA) is 149 Å². The highest BCUT2D eigenvalue weighted by Gasteiger charge is 2.11. The van der Waals surface area contributed by atoms with Crippen LogP contribution in [0.3, 0.4) is 0 Å². The number of aromatic nitrogens is 1. The smallest absolute Gasteiger partial charge is 0.265 e. The van der Waals surface area contributed by atoms with Gasteiger partial charge >= 0.3 is 20.8 Å². The first-order valence-electron chi connectivity index (χ1n) is 3.55. The normalized spacial score (nSPS) is 11.4. The molecule has 0 bridgehead atoms. The number of pyridine rings is 1. The van der Waals surface area contributed by atoms with Crippen molar-refractivity contribution in [3.63, 3.8) is 0 Å². The summed E-state index contributed by atoms with van der Waals surface area (Å²) >= 11 is 0. The van der Waals surface area contributed by atoms with Crippen LogP contribution >= 0.6 is 0 Å². The standard InChI is InChI=1S/C5H5N.H2O9S2/c1-2-4-6-5-3-1;1-10(2,3)8-7-9-11(4,5)6/h1-5H;(H,1,2,3)(H,4,5,6). The Morgan fingerprint density at radius 2 is 1.24 bits per heavy atom. The Balaban J connectivity index is 0.000000354. The van der Waals surface area contributed by atoms with Crippen LogP contribution in [0.15, 0.2) is 30.6 Å². The van der Waals surface area contributed by atoms with Crippen LogP contribution in [-0.4, -0.2) is 30.9 Å². The molecule has 2 N–H and O–H groups in total. The lowest BCUT2D eigenvalue weighted by Gasteiger charge is -1.93. The first kappa shape index (κ1) is 15.9. The summed E-state index contributed by atoms with van der Waals surface area (Å²) in [7, 11) is -9.94. The molecule has 17 heavy (non-hydrogen) atoms. The summed E-state index contributed by atoms with van der Waals surface area (Å²) in [5, 5.41) is 2.89. The summed E-state index contributed by atoms with van der Waals surface area (Å²) in [4.78, 5) is 3.78. The molecule has 0 aromatic carbocycles. The van der Waals surface area contributed by atoms with Crippen LogP contribution in [0.2, 0.25) is 0 Å². The van der Waals surface area contributed by atoms with Crippen molar-refractivity contribution >= 4 is 20.8 Å². The predicted molar refractivity (Wildman–Crippen MR) is 50.6 cm³/mol. The number of nitrogens with zero attached hydrogens (tertiary/aromatic N) is 1. The molecule has 0 aliphatic heterocycles. The van der Waals surface area contributed by atoms with E-state index >= 15 is 0 Å². The number of hydrogen-bond acceptors (Lipinski definition) is 8. The molecule has 0 aliphatic carbocycles. The maximum Gasteiger partial charge on any atom is 0.426 e. The minimum atomic E-state index is -4.97. The third-order valence-corrected chi connectivity index (χ3v) is 1.25. The molecule has 0 radical (unpaired) electrons. The minimum absolute atomic E-state index is 1.75. The third-order valence-electron chi connectivity index (χ3n) is 0.794. The predicted octanol–water partition coefficient (Wildman–Crippen LogP) is -0.447.